The number of halogens is 1. The van der Waals surface area contributed by atoms with E-state index in [1.54, 1.807) is 24.3 Å². The summed E-state index contributed by atoms with van der Waals surface area (Å²) in [7, 11) is 2.65. The van der Waals surface area contributed by atoms with Gasteiger partial charge in [-0.2, -0.15) is 5.10 Å². The molecule has 0 aliphatic rings. The molecule has 3 rings (SSSR count). The molecule has 0 spiro atoms. The molecule has 0 aliphatic heterocycles. The van der Waals surface area contributed by atoms with Crippen molar-refractivity contribution < 1.29 is 22.7 Å². The number of methoxy groups -OCH3 is 2. The number of hydrogen-bond acceptors (Lipinski definition) is 7. The topological polar surface area (TPSA) is 101 Å². The molecule has 0 unspecified atom stereocenters. The van der Waals surface area contributed by atoms with Gasteiger partial charge in [0.1, 0.15) is 18.0 Å². The van der Waals surface area contributed by atoms with E-state index in [1.807, 2.05) is 44.1 Å². The summed E-state index contributed by atoms with van der Waals surface area (Å²) in [6.45, 7) is 1.33. The number of rotatable bonds is 10. The van der Waals surface area contributed by atoms with Crippen LogP contribution in [0.1, 0.15) is 11.1 Å². The number of aryl methyl sites for hydroxylation is 1. The lowest BCUT2D eigenvalue weighted by Crippen LogP contribution is -2.39. The van der Waals surface area contributed by atoms with Gasteiger partial charge in [-0.15, -0.1) is 0 Å². The number of nitrogens with zero attached hydrogens (tertiary/aromatic N) is 3. The van der Waals surface area contributed by atoms with Gasteiger partial charge in [0, 0.05) is 24.6 Å². The zero-order valence-corrected chi connectivity index (χ0v) is 23.6. The highest BCUT2D eigenvalue weighted by Crippen LogP contribution is 2.35. The van der Waals surface area contributed by atoms with Crippen LogP contribution < -0.4 is 24.1 Å². The third-order valence-corrected chi connectivity index (χ3v) is 7.82. The number of ether oxygens (including phenoxy) is 2. The summed E-state index contributed by atoms with van der Waals surface area (Å²) < 4.78 is 39.8. The van der Waals surface area contributed by atoms with Crippen LogP contribution in [-0.2, 0) is 14.8 Å². The van der Waals surface area contributed by atoms with Crippen molar-refractivity contribution in [3.05, 3.63) is 76.3 Å². The molecule has 0 heterocycles. The first-order chi connectivity index (χ1) is 17.6. The number of hydrogen-bond donors (Lipinski definition) is 1. The minimum atomic E-state index is -4.12. The van der Waals surface area contributed by atoms with Crippen LogP contribution in [0.5, 0.6) is 11.5 Å². The molecule has 1 N–H and O–H groups in total. The molecular weight excluding hydrogens is 560 g/mol. The Morgan fingerprint density at radius 3 is 2.27 bits per heavy atom. The summed E-state index contributed by atoms with van der Waals surface area (Å²) in [5.41, 5.74) is 5.25. The number of sulfonamides is 1. The Morgan fingerprint density at radius 2 is 1.68 bits per heavy atom. The van der Waals surface area contributed by atoms with Crippen LogP contribution in [0.4, 0.5) is 11.4 Å². The molecule has 3 aromatic rings. The molecule has 11 heteroatoms. The first-order valence-electron chi connectivity index (χ1n) is 11.2. The van der Waals surface area contributed by atoms with Crippen molar-refractivity contribution in [3.63, 3.8) is 0 Å². The van der Waals surface area contributed by atoms with Crippen LogP contribution in [0.25, 0.3) is 0 Å². The lowest BCUT2D eigenvalue weighted by atomic mass is 10.2. The van der Waals surface area contributed by atoms with Gasteiger partial charge < -0.3 is 14.4 Å². The van der Waals surface area contributed by atoms with Crippen LogP contribution in [0.15, 0.2) is 75.1 Å². The molecule has 0 saturated heterocycles. The van der Waals surface area contributed by atoms with Gasteiger partial charge in [-0.1, -0.05) is 23.8 Å². The molecule has 0 aromatic heterocycles. The van der Waals surface area contributed by atoms with E-state index in [0.717, 1.165) is 25.6 Å². The number of carbonyl (C=O) groups is 1. The van der Waals surface area contributed by atoms with E-state index >= 15 is 0 Å². The summed E-state index contributed by atoms with van der Waals surface area (Å²) in [6.07, 6.45) is 1.48. The van der Waals surface area contributed by atoms with Crippen LogP contribution in [0, 0.1) is 6.92 Å². The first kappa shape index (κ1) is 28.0. The Hall–Kier alpha value is -3.57. The fraction of sp³-hybridized carbons (Fsp3) is 0.231. The molecule has 0 aliphatic carbocycles. The Bertz CT molecular complexity index is 1390. The standard InChI is InChI=1S/C26H29BrN4O5S/c1-18-6-10-21(11-7-18)37(33,34)31(24-13-9-20(35-4)15-25(24)36-5)17-26(32)29-28-16-19-8-12-23(30(2)3)22(27)14-19/h6-16H,17H2,1-5H3,(H,29,32)/b28-16-. The molecule has 37 heavy (non-hydrogen) atoms. The zero-order chi connectivity index (χ0) is 27.2. The minimum absolute atomic E-state index is 0.0399. The molecule has 0 bridgehead atoms. The number of hydrazone groups is 1. The number of benzene rings is 3. The highest BCUT2D eigenvalue weighted by atomic mass is 79.9. The highest BCUT2D eigenvalue weighted by molar-refractivity contribution is 9.10. The van der Waals surface area contributed by atoms with E-state index < -0.39 is 22.5 Å². The van der Waals surface area contributed by atoms with Crippen molar-refractivity contribution in [3.8, 4) is 11.5 Å². The molecule has 3 aromatic carbocycles. The van der Waals surface area contributed by atoms with Gasteiger partial charge in [-0.3, -0.25) is 9.10 Å². The fourth-order valence-electron chi connectivity index (χ4n) is 3.44. The Morgan fingerprint density at radius 1 is 1.00 bits per heavy atom. The quantitative estimate of drug-likeness (QED) is 0.281. The van der Waals surface area contributed by atoms with Crippen molar-refractivity contribution in [2.45, 2.75) is 11.8 Å². The van der Waals surface area contributed by atoms with Crippen LogP contribution >= 0.6 is 15.9 Å². The summed E-state index contributed by atoms with van der Waals surface area (Å²) in [6, 6.07) is 16.7. The normalized spacial score (nSPS) is 11.3. The van der Waals surface area contributed by atoms with Gasteiger partial charge in [-0.25, -0.2) is 13.8 Å². The number of carbonyl (C=O) groups excluding carboxylic acids is 1. The van der Waals surface area contributed by atoms with Gasteiger partial charge in [0.05, 0.1) is 36.7 Å². The average Bonchev–Trinajstić information content (AvgIpc) is 2.87. The summed E-state index contributed by atoms with van der Waals surface area (Å²) >= 11 is 3.51. The third-order valence-electron chi connectivity index (χ3n) is 5.41. The summed E-state index contributed by atoms with van der Waals surface area (Å²) in [5, 5.41) is 4.01. The van der Waals surface area contributed by atoms with E-state index in [9.17, 15) is 13.2 Å². The van der Waals surface area contributed by atoms with E-state index in [-0.39, 0.29) is 16.3 Å². The summed E-state index contributed by atoms with van der Waals surface area (Å²) in [5.74, 6) is 0.0831. The van der Waals surface area contributed by atoms with Crippen molar-refractivity contribution in [2.75, 3.05) is 44.1 Å². The molecule has 0 saturated carbocycles. The van der Waals surface area contributed by atoms with Crippen LogP contribution in [0.3, 0.4) is 0 Å². The Kier molecular flexibility index (Phi) is 9.17. The second-order valence-corrected chi connectivity index (χ2v) is 11.0. The number of nitrogens with one attached hydrogen (secondary N) is 1. The van der Waals surface area contributed by atoms with Gasteiger partial charge >= 0.3 is 0 Å². The Labute approximate surface area is 225 Å². The smallest absolute Gasteiger partial charge is 0.264 e. The molecule has 196 valence electrons. The largest absolute Gasteiger partial charge is 0.497 e. The van der Waals surface area contributed by atoms with Crippen molar-refractivity contribution in [1.82, 2.24) is 5.43 Å². The van der Waals surface area contributed by atoms with Gasteiger partial charge in [0.25, 0.3) is 15.9 Å². The van der Waals surface area contributed by atoms with E-state index in [4.69, 9.17) is 9.47 Å². The lowest BCUT2D eigenvalue weighted by Gasteiger charge is -2.25. The van der Waals surface area contributed by atoms with E-state index in [0.29, 0.717) is 5.75 Å². The molecular formula is C26H29BrN4O5S. The summed E-state index contributed by atoms with van der Waals surface area (Å²) in [4.78, 5) is 14.9. The van der Waals surface area contributed by atoms with Crippen LogP contribution in [0.2, 0.25) is 0 Å². The molecule has 0 radical (unpaired) electrons. The molecule has 1 amide bonds. The number of anilines is 2. The van der Waals surface area contributed by atoms with Gasteiger partial charge in [0.2, 0.25) is 0 Å². The van der Waals surface area contributed by atoms with Crippen molar-refractivity contribution >= 4 is 49.4 Å². The maximum Gasteiger partial charge on any atom is 0.264 e. The number of amides is 1. The molecule has 0 fully saturated rings. The third kappa shape index (κ3) is 6.80. The minimum Gasteiger partial charge on any atom is -0.497 e. The van der Waals surface area contributed by atoms with Crippen molar-refractivity contribution in [2.24, 2.45) is 5.10 Å². The fourth-order valence-corrected chi connectivity index (χ4v) is 5.62. The maximum atomic E-state index is 13.6. The predicted octanol–water partition coefficient (Wildman–Crippen LogP) is 4.19. The van der Waals surface area contributed by atoms with Gasteiger partial charge in [-0.05, 0) is 64.8 Å². The Balaban J connectivity index is 1.89. The lowest BCUT2D eigenvalue weighted by molar-refractivity contribution is -0.119. The second kappa shape index (κ2) is 12.1. The van der Waals surface area contributed by atoms with Gasteiger partial charge in [0.15, 0.2) is 0 Å². The molecule has 0 atom stereocenters. The SMILES string of the molecule is COc1ccc(N(CC(=O)N/N=C\c2ccc(N(C)C)c(Br)c2)S(=O)(=O)c2ccc(C)cc2)c(OC)c1. The van der Waals surface area contributed by atoms with Crippen LogP contribution in [-0.4, -0.2) is 55.4 Å². The second-order valence-electron chi connectivity index (χ2n) is 8.26. The maximum absolute atomic E-state index is 13.6. The monoisotopic (exact) mass is 588 g/mol. The predicted molar refractivity (Wildman–Crippen MR) is 149 cm³/mol. The average molecular weight is 590 g/mol. The zero-order valence-electron chi connectivity index (χ0n) is 21.2. The van der Waals surface area contributed by atoms with E-state index in [1.165, 1.54) is 38.6 Å². The van der Waals surface area contributed by atoms with Crippen molar-refractivity contribution in [1.29, 1.82) is 0 Å². The van der Waals surface area contributed by atoms with E-state index in [2.05, 4.69) is 26.5 Å². The first-order valence-corrected chi connectivity index (χ1v) is 13.4. The molecule has 9 nitrogen and oxygen atoms in total. The highest BCUT2D eigenvalue weighted by Gasteiger charge is 2.29.